The molecule has 1 atom stereocenters. The van der Waals surface area contributed by atoms with Crippen molar-refractivity contribution in [3.05, 3.63) is 55.8 Å². The average Bonchev–Trinajstić information content (AvgIpc) is 2.42. The van der Waals surface area contributed by atoms with E-state index in [9.17, 15) is 14.4 Å². The summed E-state index contributed by atoms with van der Waals surface area (Å²) in [6.45, 7) is 20.4. The van der Waals surface area contributed by atoms with E-state index in [0.717, 1.165) is 15.2 Å². The van der Waals surface area contributed by atoms with Gasteiger partial charge in [-0.15, -0.1) is 0 Å². The second-order valence-corrected chi connectivity index (χ2v) is 13.9. The zero-order valence-electron chi connectivity index (χ0n) is 16.4. The maximum absolute atomic E-state index is 12.7. The van der Waals surface area contributed by atoms with Gasteiger partial charge < -0.3 is 0 Å². The molecule has 0 bridgehead atoms. The van der Waals surface area contributed by atoms with Crippen LogP contribution in [0.25, 0.3) is 0 Å². The van der Waals surface area contributed by atoms with Crippen LogP contribution in [0.5, 0.6) is 0 Å². The molecular weight excluding hydrogens is 334 g/mol. The molecule has 0 fully saturated rings. The Morgan fingerprint density at radius 3 is 1.56 bits per heavy atom. The van der Waals surface area contributed by atoms with Crippen LogP contribution in [0.2, 0.25) is 25.7 Å². The minimum Gasteiger partial charge on any atom is -0.247 e. The van der Waals surface area contributed by atoms with Crippen LogP contribution < -0.4 is 17.1 Å². The molecule has 140 valence electrons. The van der Waals surface area contributed by atoms with Crippen LogP contribution in [0, 0.1) is 5.92 Å². The Kier molecular flexibility index (Phi) is 6.76. The van der Waals surface area contributed by atoms with Crippen LogP contribution in [0.4, 0.5) is 0 Å². The van der Waals surface area contributed by atoms with Gasteiger partial charge in [0.2, 0.25) is 0 Å². The van der Waals surface area contributed by atoms with Gasteiger partial charge in [0.25, 0.3) is 0 Å². The molecule has 0 saturated heterocycles. The predicted molar refractivity (Wildman–Crippen MR) is 106 cm³/mol. The Labute approximate surface area is 150 Å². The van der Waals surface area contributed by atoms with E-state index < -0.39 is 25.1 Å². The van der Waals surface area contributed by atoms with Gasteiger partial charge in [0, 0.05) is 14.6 Å². The molecule has 1 aromatic rings. The number of hydrogen-bond donors (Lipinski definition) is 0. The van der Waals surface area contributed by atoms with Crippen LogP contribution in [-0.2, 0) is 19.6 Å². The molecule has 0 spiro atoms. The number of allylic oxidation sites excluding steroid dienone is 2. The molecule has 1 aromatic heterocycles. The SMILES string of the molecule is C=C(C)Cn1c(=O)n(CC(=C)C)c(=O)n(CC(C)C[Si](C)(C)C)c1=O. The minimum absolute atomic E-state index is 0.108. The van der Waals surface area contributed by atoms with Crippen LogP contribution in [0.15, 0.2) is 38.7 Å². The third-order valence-corrected chi connectivity index (χ3v) is 5.62. The predicted octanol–water partition coefficient (Wildman–Crippen LogP) is 2.30. The molecule has 0 aromatic carbocycles. The molecule has 1 heterocycles. The van der Waals surface area contributed by atoms with E-state index in [1.54, 1.807) is 13.8 Å². The van der Waals surface area contributed by atoms with E-state index in [4.69, 9.17) is 0 Å². The van der Waals surface area contributed by atoms with E-state index >= 15 is 0 Å². The van der Waals surface area contributed by atoms with Crippen molar-refractivity contribution in [3.63, 3.8) is 0 Å². The smallest absolute Gasteiger partial charge is 0.247 e. The molecule has 0 amide bonds. The Morgan fingerprint density at radius 1 is 0.880 bits per heavy atom. The average molecular weight is 366 g/mol. The molecule has 0 aliphatic heterocycles. The van der Waals surface area contributed by atoms with Crippen LogP contribution >= 0.6 is 0 Å². The number of aromatic nitrogens is 3. The molecule has 25 heavy (non-hydrogen) atoms. The highest BCUT2D eigenvalue weighted by Crippen LogP contribution is 2.17. The standard InChI is InChI=1S/C18H31N3O3Si/c1-13(2)9-19-16(22)20(10-14(3)4)18(24)21(17(19)23)11-15(5)12-25(6,7)8/h15H,1,3,9-12H2,2,4-8H3. The lowest BCUT2D eigenvalue weighted by molar-refractivity contribution is 0.420. The molecule has 0 aliphatic carbocycles. The summed E-state index contributed by atoms with van der Waals surface area (Å²) in [6, 6.07) is 0.999. The molecule has 0 N–H and O–H groups in total. The summed E-state index contributed by atoms with van der Waals surface area (Å²) >= 11 is 0. The maximum atomic E-state index is 12.7. The summed E-state index contributed by atoms with van der Waals surface area (Å²) in [4.78, 5) is 38.1. The van der Waals surface area contributed by atoms with Gasteiger partial charge in [0.1, 0.15) is 0 Å². The van der Waals surface area contributed by atoms with E-state index in [-0.39, 0.29) is 19.0 Å². The van der Waals surface area contributed by atoms with Gasteiger partial charge >= 0.3 is 17.1 Å². The lowest BCUT2D eigenvalue weighted by atomic mass is 10.2. The van der Waals surface area contributed by atoms with Crippen molar-refractivity contribution in [3.8, 4) is 0 Å². The number of hydrogen-bond acceptors (Lipinski definition) is 3. The van der Waals surface area contributed by atoms with Gasteiger partial charge in [-0.05, 0) is 19.8 Å². The second kappa shape index (κ2) is 7.99. The third kappa shape index (κ3) is 5.84. The second-order valence-electron chi connectivity index (χ2n) is 8.41. The molecular formula is C18H31N3O3Si. The zero-order chi connectivity index (χ0) is 19.5. The van der Waals surface area contributed by atoms with Crippen molar-refractivity contribution in [2.45, 2.75) is 66.1 Å². The largest absolute Gasteiger partial charge is 0.336 e. The first-order valence-electron chi connectivity index (χ1n) is 8.56. The zero-order valence-corrected chi connectivity index (χ0v) is 17.4. The van der Waals surface area contributed by atoms with E-state index in [1.807, 2.05) is 6.92 Å². The van der Waals surface area contributed by atoms with Crippen LogP contribution in [0.1, 0.15) is 20.8 Å². The molecule has 0 saturated carbocycles. The molecule has 0 aliphatic rings. The highest BCUT2D eigenvalue weighted by molar-refractivity contribution is 6.76. The maximum Gasteiger partial charge on any atom is 0.336 e. The summed E-state index contributed by atoms with van der Waals surface area (Å²) < 4.78 is 3.37. The fourth-order valence-corrected chi connectivity index (χ4v) is 5.29. The van der Waals surface area contributed by atoms with Crippen molar-refractivity contribution in [2.24, 2.45) is 5.92 Å². The van der Waals surface area contributed by atoms with Crippen molar-refractivity contribution in [2.75, 3.05) is 0 Å². The third-order valence-electron chi connectivity index (χ3n) is 3.70. The van der Waals surface area contributed by atoms with Crippen molar-refractivity contribution in [1.82, 2.24) is 13.7 Å². The fraction of sp³-hybridized carbons (Fsp3) is 0.611. The van der Waals surface area contributed by atoms with Gasteiger partial charge in [0.05, 0.1) is 13.1 Å². The summed E-state index contributed by atoms with van der Waals surface area (Å²) in [6.07, 6.45) is 0. The number of nitrogens with zero attached hydrogens (tertiary/aromatic N) is 3. The Balaban J connectivity index is 3.52. The van der Waals surface area contributed by atoms with Crippen LogP contribution in [-0.4, -0.2) is 21.8 Å². The normalized spacial score (nSPS) is 12.9. The number of rotatable bonds is 8. The summed E-state index contributed by atoms with van der Waals surface area (Å²) in [5.41, 5.74) is -0.352. The highest BCUT2D eigenvalue weighted by Gasteiger charge is 2.21. The van der Waals surface area contributed by atoms with Crippen LogP contribution in [0.3, 0.4) is 0 Å². The topological polar surface area (TPSA) is 66.0 Å². The molecule has 6 nitrogen and oxygen atoms in total. The minimum atomic E-state index is -1.32. The lowest BCUT2D eigenvalue weighted by Gasteiger charge is -2.22. The lowest BCUT2D eigenvalue weighted by Crippen LogP contribution is -2.55. The van der Waals surface area contributed by atoms with E-state index in [1.165, 1.54) is 4.57 Å². The van der Waals surface area contributed by atoms with Crippen molar-refractivity contribution in [1.29, 1.82) is 0 Å². The Morgan fingerprint density at radius 2 is 1.24 bits per heavy atom. The summed E-state index contributed by atoms with van der Waals surface area (Å²) in [5.74, 6) is 0.186. The van der Waals surface area contributed by atoms with Gasteiger partial charge in [-0.2, -0.15) is 0 Å². The Bertz CT molecular complexity index is 783. The van der Waals surface area contributed by atoms with E-state index in [2.05, 4.69) is 32.8 Å². The molecule has 1 unspecified atom stereocenters. The Hall–Kier alpha value is -1.89. The summed E-state index contributed by atoms with van der Waals surface area (Å²) in [5, 5.41) is 0. The van der Waals surface area contributed by atoms with E-state index in [0.29, 0.717) is 17.7 Å². The monoisotopic (exact) mass is 365 g/mol. The quantitative estimate of drug-likeness (QED) is 0.524. The van der Waals surface area contributed by atoms with Gasteiger partial charge in [0.15, 0.2) is 0 Å². The first kappa shape index (κ1) is 21.2. The highest BCUT2D eigenvalue weighted by atomic mass is 28.3. The fourth-order valence-electron chi connectivity index (χ4n) is 3.07. The molecule has 7 heteroatoms. The first-order chi connectivity index (χ1) is 11.3. The summed E-state index contributed by atoms with van der Waals surface area (Å²) in [7, 11) is -1.32. The molecule has 1 rings (SSSR count). The van der Waals surface area contributed by atoms with Gasteiger partial charge in [-0.3, -0.25) is 0 Å². The van der Waals surface area contributed by atoms with Gasteiger partial charge in [-0.25, -0.2) is 28.1 Å². The first-order valence-corrected chi connectivity index (χ1v) is 12.3. The van der Waals surface area contributed by atoms with Gasteiger partial charge in [-0.1, -0.05) is 56.9 Å². The van der Waals surface area contributed by atoms with Crippen molar-refractivity contribution >= 4 is 8.07 Å². The molecule has 0 radical (unpaired) electrons. The van der Waals surface area contributed by atoms with Crippen molar-refractivity contribution < 1.29 is 0 Å².